The van der Waals surface area contributed by atoms with Crippen LogP contribution < -0.4 is 10.6 Å². The van der Waals surface area contributed by atoms with Gasteiger partial charge in [-0.25, -0.2) is 0 Å². The van der Waals surface area contributed by atoms with Gasteiger partial charge in [-0.15, -0.1) is 0 Å². The van der Waals surface area contributed by atoms with Gasteiger partial charge in [0.2, 0.25) is 5.91 Å². The lowest BCUT2D eigenvalue weighted by Crippen LogP contribution is -2.51. The van der Waals surface area contributed by atoms with Crippen LogP contribution in [0.3, 0.4) is 0 Å². The van der Waals surface area contributed by atoms with Crippen molar-refractivity contribution >= 4 is 5.91 Å². The van der Waals surface area contributed by atoms with Crippen molar-refractivity contribution in [3.8, 4) is 0 Å². The van der Waals surface area contributed by atoms with Crippen LogP contribution in [0.15, 0.2) is 42.7 Å². The van der Waals surface area contributed by atoms with Gasteiger partial charge >= 0.3 is 0 Å². The first-order valence-electron chi connectivity index (χ1n) is 7.45. The SMILES string of the molecule is O=C(NCc1ccc(Cn2cccn2)cc1)C1COCCN1. The van der Waals surface area contributed by atoms with Crippen molar-refractivity contribution in [1.29, 1.82) is 0 Å². The van der Waals surface area contributed by atoms with E-state index in [0.29, 0.717) is 19.8 Å². The zero-order valence-electron chi connectivity index (χ0n) is 12.4. The Morgan fingerprint density at radius 1 is 1.36 bits per heavy atom. The van der Waals surface area contributed by atoms with Crippen LogP contribution in [0.4, 0.5) is 0 Å². The van der Waals surface area contributed by atoms with Crippen molar-refractivity contribution in [3.05, 3.63) is 53.9 Å². The zero-order chi connectivity index (χ0) is 15.2. The Balaban J connectivity index is 1.49. The lowest BCUT2D eigenvalue weighted by atomic mass is 10.1. The number of amides is 1. The number of carbonyl (C=O) groups is 1. The molecule has 0 saturated carbocycles. The maximum atomic E-state index is 12.0. The second kappa shape index (κ2) is 7.20. The number of ether oxygens (including phenoxy) is 1. The average Bonchev–Trinajstić information content (AvgIpc) is 3.08. The molecule has 1 aliphatic heterocycles. The Morgan fingerprint density at radius 3 is 2.86 bits per heavy atom. The standard InChI is InChI=1S/C16H20N4O2/c21-16(15-12-22-9-7-17-15)18-10-13-2-4-14(5-3-13)11-20-8-1-6-19-20/h1-6,8,15,17H,7,9-12H2,(H,18,21). The largest absolute Gasteiger partial charge is 0.378 e. The molecule has 6 heteroatoms. The van der Waals surface area contributed by atoms with Gasteiger partial charge in [-0.05, 0) is 17.2 Å². The minimum absolute atomic E-state index is 0.0136. The van der Waals surface area contributed by atoms with E-state index < -0.39 is 0 Å². The van der Waals surface area contributed by atoms with Gasteiger partial charge in [-0.1, -0.05) is 24.3 Å². The summed E-state index contributed by atoms with van der Waals surface area (Å²) in [5, 5.41) is 10.3. The first-order valence-corrected chi connectivity index (χ1v) is 7.45. The van der Waals surface area contributed by atoms with E-state index in [0.717, 1.165) is 18.7 Å². The molecular formula is C16H20N4O2. The van der Waals surface area contributed by atoms with Crippen LogP contribution in [-0.2, 0) is 22.6 Å². The number of benzene rings is 1. The van der Waals surface area contributed by atoms with Crippen LogP contribution >= 0.6 is 0 Å². The molecule has 0 aliphatic carbocycles. The molecule has 116 valence electrons. The van der Waals surface area contributed by atoms with Gasteiger partial charge in [-0.3, -0.25) is 9.48 Å². The Hall–Kier alpha value is -2.18. The van der Waals surface area contributed by atoms with Gasteiger partial charge in [0.05, 0.1) is 19.8 Å². The minimum atomic E-state index is -0.243. The number of aromatic nitrogens is 2. The summed E-state index contributed by atoms with van der Waals surface area (Å²) < 4.78 is 7.17. The monoisotopic (exact) mass is 300 g/mol. The van der Waals surface area contributed by atoms with Crippen LogP contribution in [0.1, 0.15) is 11.1 Å². The summed E-state index contributed by atoms with van der Waals surface area (Å²) in [6, 6.07) is 9.85. The van der Waals surface area contributed by atoms with Crippen LogP contribution in [0.2, 0.25) is 0 Å². The lowest BCUT2D eigenvalue weighted by Gasteiger charge is -2.22. The van der Waals surface area contributed by atoms with E-state index in [1.54, 1.807) is 6.20 Å². The third-order valence-corrected chi connectivity index (χ3v) is 3.63. The molecule has 22 heavy (non-hydrogen) atoms. The quantitative estimate of drug-likeness (QED) is 0.845. The topological polar surface area (TPSA) is 68.2 Å². The van der Waals surface area contributed by atoms with Crippen molar-refractivity contribution < 1.29 is 9.53 Å². The van der Waals surface area contributed by atoms with E-state index in [1.165, 1.54) is 5.56 Å². The Kier molecular flexibility index (Phi) is 4.82. The normalized spacial score (nSPS) is 18.1. The second-order valence-corrected chi connectivity index (χ2v) is 5.32. The highest BCUT2D eigenvalue weighted by molar-refractivity contribution is 5.81. The highest BCUT2D eigenvalue weighted by Crippen LogP contribution is 2.06. The smallest absolute Gasteiger partial charge is 0.239 e. The average molecular weight is 300 g/mol. The van der Waals surface area contributed by atoms with E-state index >= 15 is 0 Å². The fraction of sp³-hybridized carbons (Fsp3) is 0.375. The van der Waals surface area contributed by atoms with Crippen molar-refractivity contribution in [1.82, 2.24) is 20.4 Å². The summed E-state index contributed by atoms with van der Waals surface area (Å²) in [7, 11) is 0. The molecule has 1 atom stereocenters. The molecule has 2 N–H and O–H groups in total. The van der Waals surface area contributed by atoms with Gasteiger partial charge < -0.3 is 15.4 Å². The highest BCUT2D eigenvalue weighted by atomic mass is 16.5. The van der Waals surface area contributed by atoms with E-state index in [1.807, 2.05) is 29.1 Å². The Bertz CT molecular complexity index is 589. The molecule has 0 spiro atoms. The summed E-state index contributed by atoms with van der Waals surface area (Å²) in [5.74, 6) is -0.0136. The molecule has 1 saturated heterocycles. The highest BCUT2D eigenvalue weighted by Gasteiger charge is 2.20. The Morgan fingerprint density at radius 2 is 2.18 bits per heavy atom. The first-order chi connectivity index (χ1) is 10.8. The van der Waals surface area contributed by atoms with Crippen LogP contribution in [-0.4, -0.2) is 41.5 Å². The number of nitrogens with zero attached hydrogens (tertiary/aromatic N) is 2. The summed E-state index contributed by atoms with van der Waals surface area (Å²) in [4.78, 5) is 12.0. The Labute approximate surface area is 129 Å². The van der Waals surface area contributed by atoms with Crippen molar-refractivity contribution in [3.63, 3.8) is 0 Å². The summed E-state index contributed by atoms with van der Waals surface area (Å²) >= 11 is 0. The minimum Gasteiger partial charge on any atom is -0.378 e. The fourth-order valence-corrected chi connectivity index (χ4v) is 2.39. The molecular weight excluding hydrogens is 280 g/mol. The maximum absolute atomic E-state index is 12.0. The number of hydrogen-bond acceptors (Lipinski definition) is 4. The van der Waals surface area contributed by atoms with Gasteiger partial charge in [0.15, 0.2) is 0 Å². The molecule has 0 radical (unpaired) electrons. The number of nitrogens with one attached hydrogen (secondary N) is 2. The molecule has 1 fully saturated rings. The number of carbonyl (C=O) groups excluding carboxylic acids is 1. The zero-order valence-corrected chi connectivity index (χ0v) is 12.4. The van der Waals surface area contributed by atoms with Gasteiger partial charge in [0, 0.05) is 25.5 Å². The maximum Gasteiger partial charge on any atom is 0.239 e. The predicted molar refractivity (Wildman–Crippen MR) is 82.2 cm³/mol. The molecule has 6 nitrogen and oxygen atoms in total. The molecule has 1 aromatic heterocycles. The van der Waals surface area contributed by atoms with E-state index in [9.17, 15) is 4.79 Å². The summed E-state index contributed by atoms with van der Waals surface area (Å²) in [5.41, 5.74) is 2.26. The second-order valence-electron chi connectivity index (χ2n) is 5.32. The summed E-state index contributed by atoms with van der Waals surface area (Å²) in [6.45, 7) is 3.11. The van der Waals surface area contributed by atoms with Crippen molar-refractivity contribution in [2.75, 3.05) is 19.8 Å². The number of hydrogen-bond donors (Lipinski definition) is 2. The molecule has 1 aromatic carbocycles. The van der Waals surface area contributed by atoms with E-state index in [-0.39, 0.29) is 11.9 Å². The number of morpholine rings is 1. The molecule has 3 rings (SSSR count). The van der Waals surface area contributed by atoms with Gasteiger partial charge in [0.1, 0.15) is 6.04 Å². The lowest BCUT2D eigenvalue weighted by molar-refractivity contribution is -0.126. The molecule has 2 heterocycles. The van der Waals surface area contributed by atoms with Crippen LogP contribution in [0.5, 0.6) is 0 Å². The molecule has 2 aromatic rings. The van der Waals surface area contributed by atoms with Gasteiger partial charge in [-0.2, -0.15) is 5.10 Å². The third kappa shape index (κ3) is 3.93. The molecule has 1 unspecified atom stereocenters. The molecule has 1 amide bonds. The summed E-state index contributed by atoms with van der Waals surface area (Å²) in [6.07, 6.45) is 3.71. The van der Waals surface area contributed by atoms with E-state index in [4.69, 9.17) is 4.74 Å². The molecule has 1 aliphatic rings. The number of rotatable bonds is 5. The third-order valence-electron chi connectivity index (χ3n) is 3.63. The molecule has 0 bridgehead atoms. The van der Waals surface area contributed by atoms with Gasteiger partial charge in [0.25, 0.3) is 0 Å². The fourth-order valence-electron chi connectivity index (χ4n) is 2.39. The predicted octanol–water partition coefficient (Wildman–Crippen LogP) is 0.536. The van der Waals surface area contributed by atoms with Crippen LogP contribution in [0, 0.1) is 0 Å². The van der Waals surface area contributed by atoms with Crippen molar-refractivity contribution in [2.24, 2.45) is 0 Å². The van der Waals surface area contributed by atoms with Crippen LogP contribution in [0.25, 0.3) is 0 Å². The first kappa shape index (κ1) is 14.7. The van der Waals surface area contributed by atoms with Crippen molar-refractivity contribution in [2.45, 2.75) is 19.1 Å². The van der Waals surface area contributed by atoms with E-state index in [2.05, 4.69) is 27.9 Å².